The quantitative estimate of drug-likeness (QED) is 0.459. The van der Waals surface area contributed by atoms with Gasteiger partial charge in [-0.25, -0.2) is 4.79 Å². The van der Waals surface area contributed by atoms with E-state index < -0.39 is 5.54 Å². The molecule has 1 aromatic rings. The molecule has 0 saturated carbocycles. The molecule has 0 spiro atoms. The molecule has 4 heteroatoms. The second-order valence-corrected chi connectivity index (χ2v) is 5.00. The van der Waals surface area contributed by atoms with Crippen LogP contribution in [-0.4, -0.2) is 31.0 Å². The molecule has 0 bridgehead atoms. The molecule has 1 aromatic carbocycles. The molecular formula is C18H22N2O2. The van der Waals surface area contributed by atoms with Crippen molar-refractivity contribution in [2.45, 2.75) is 25.8 Å². The van der Waals surface area contributed by atoms with Crippen LogP contribution >= 0.6 is 0 Å². The summed E-state index contributed by atoms with van der Waals surface area (Å²) in [5.41, 5.74) is 0.0931. The molecule has 0 aliphatic heterocycles. The first-order valence-corrected chi connectivity index (χ1v) is 7.60. The van der Waals surface area contributed by atoms with E-state index in [1.165, 1.54) is 0 Å². The number of rotatable bonds is 6. The maximum absolute atomic E-state index is 12.3. The molecule has 116 valence electrons. The first kappa shape index (κ1) is 16.0. The first-order chi connectivity index (χ1) is 10.7. The Balaban J connectivity index is 2.24. The number of benzene rings is 1. The molecule has 0 aromatic heterocycles. The predicted octanol–water partition coefficient (Wildman–Crippen LogP) is 3.36. The number of carbonyl (C=O) groups excluding carboxylic acids is 1. The van der Waals surface area contributed by atoms with Gasteiger partial charge in [-0.2, -0.15) is 0 Å². The smallest absolute Gasteiger partial charge is 0.338 e. The lowest BCUT2D eigenvalue weighted by Gasteiger charge is -2.26. The Bertz CT molecular complexity index is 578. The maximum Gasteiger partial charge on any atom is 0.338 e. The molecular weight excluding hydrogens is 276 g/mol. The third kappa shape index (κ3) is 3.64. The van der Waals surface area contributed by atoms with Gasteiger partial charge in [-0.3, -0.25) is 4.99 Å². The minimum absolute atomic E-state index is 0.309. The SMILES string of the molecule is CCOC(=O)C1(N=CN(CC)c2ccccc2)C=CC=CC1. The van der Waals surface area contributed by atoms with Crippen LogP contribution in [0.1, 0.15) is 20.3 Å². The van der Waals surface area contributed by atoms with Gasteiger partial charge in [-0.15, -0.1) is 0 Å². The zero-order valence-corrected chi connectivity index (χ0v) is 13.1. The van der Waals surface area contributed by atoms with Gasteiger partial charge < -0.3 is 9.64 Å². The summed E-state index contributed by atoms with van der Waals surface area (Å²) in [5.74, 6) is -0.309. The summed E-state index contributed by atoms with van der Waals surface area (Å²) in [4.78, 5) is 18.9. The molecule has 0 fully saturated rings. The Morgan fingerprint density at radius 1 is 1.32 bits per heavy atom. The van der Waals surface area contributed by atoms with Gasteiger partial charge in [0.2, 0.25) is 0 Å². The minimum atomic E-state index is -0.951. The number of ether oxygens (including phenoxy) is 1. The number of esters is 1. The molecule has 0 saturated heterocycles. The van der Waals surface area contributed by atoms with Crippen LogP contribution in [0.4, 0.5) is 5.69 Å². The van der Waals surface area contributed by atoms with E-state index in [1.807, 2.05) is 60.4 Å². The van der Waals surface area contributed by atoms with Crippen LogP contribution in [0.5, 0.6) is 0 Å². The highest BCUT2D eigenvalue weighted by Crippen LogP contribution is 2.25. The van der Waals surface area contributed by atoms with E-state index >= 15 is 0 Å². The highest BCUT2D eigenvalue weighted by molar-refractivity contribution is 5.88. The van der Waals surface area contributed by atoms with Gasteiger partial charge in [0.05, 0.1) is 12.9 Å². The van der Waals surface area contributed by atoms with Crippen molar-refractivity contribution in [1.82, 2.24) is 0 Å². The predicted molar refractivity (Wildman–Crippen MR) is 90.2 cm³/mol. The molecule has 22 heavy (non-hydrogen) atoms. The van der Waals surface area contributed by atoms with Crippen molar-refractivity contribution in [1.29, 1.82) is 0 Å². The van der Waals surface area contributed by atoms with Crippen LogP contribution < -0.4 is 4.90 Å². The maximum atomic E-state index is 12.3. The van der Waals surface area contributed by atoms with Gasteiger partial charge in [0.1, 0.15) is 0 Å². The van der Waals surface area contributed by atoms with Crippen LogP contribution in [0.25, 0.3) is 0 Å². The van der Waals surface area contributed by atoms with Gasteiger partial charge in [0.25, 0.3) is 0 Å². The monoisotopic (exact) mass is 298 g/mol. The van der Waals surface area contributed by atoms with Crippen molar-refractivity contribution >= 4 is 18.0 Å². The van der Waals surface area contributed by atoms with E-state index in [2.05, 4.69) is 4.99 Å². The van der Waals surface area contributed by atoms with E-state index in [1.54, 1.807) is 19.3 Å². The first-order valence-electron chi connectivity index (χ1n) is 7.60. The van der Waals surface area contributed by atoms with Gasteiger partial charge in [-0.05, 0) is 32.1 Å². The summed E-state index contributed by atoms with van der Waals surface area (Å²) < 4.78 is 5.20. The number of allylic oxidation sites excluding steroid dienone is 2. The highest BCUT2D eigenvalue weighted by Gasteiger charge is 2.36. The number of para-hydroxylation sites is 1. The molecule has 0 N–H and O–H groups in total. The second kappa shape index (κ2) is 7.59. The summed E-state index contributed by atoms with van der Waals surface area (Å²) in [6.45, 7) is 4.97. The Hall–Kier alpha value is -2.36. The number of anilines is 1. The molecule has 0 heterocycles. The molecule has 1 aliphatic carbocycles. The van der Waals surface area contributed by atoms with Crippen LogP contribution in [-0.2, 0) is 9.53 Å². The minimum Gasteiger partial charge on any atom is -0.464 e. The van der Waals surface area contributed by atoms with Crippen LogP contribution in [0.2, 0.25) is 0 Å². The second-order valence-electron chi connectivity index (χ2n) is 5.00. The van der Waals surface area contributed by atoms with Crippen molar-refractivity contribution in [3.63, 3.8) is 0 Å². The highest BCUT2D eigenvalue weighted by atomic mass is 16.5. The Kier molecular flexibility index (Phi) is 5.53. The third-order valence-electron chi connectivity index (χ3n) is 3.53. The van der Waals surface area contributed by atoms with Crippen LogP contribution in [0.3, 0.4) is 0 Å². The fourth-order valence-corrected chi connectivity index (χ4v) is 2.29. The Labute approximate surface area is 131 Å². The fraction of sp³-hybridized carbons (Fsp3) is 0.333. The molecule has 2 rings (SSSR count). The Morgan fingerprint density at radius 2 is 2.09 bits per heavy atom. The van der Waals surface area contributed by atoms with Crippen molar-refractivity contribution in [2.75, 3.05) is 18.1 Å². The molecule has 1 aliphatic rings. The normalized spacial score (nSPS) is 20.3. The van der Waals surface area contributed by atoms with Gasteiger partial charge >= 0.3 is 5.97 Å². The topological polar surface area (TPSA) is 41.9 Å². The number of aliphatic imine (C=N–C) groups is 1. The van der Waals surface area contributed by atoms with Gasteiger partial charge in [-0.1, -0.05) is 36.4 Å². The molecule has 0 amide bonds. The van der Waals surface area contributed by atoms with E-state index in [9.17, 15) is 4.79 Å². The number of hydrogen-bond donors (Lipinski definition) is 0. The van der Waals surface area contributed by atoms with Crippen molar-refractivity contribution in [3.8, 4) is 0 Å². The number of hydrogen-bond acceptors (Lipinski definition) is 3. The third-order valence-corrected chi connectivity index (χ3v) is 3.53. The van der Waals surface area contributed by atoms with E-state index in [0.29, 0.717) is 13.0 Å². The largest absolute Gasteiger partial charge is 0.464 e. The van der Waals surface area contributed by atoms with E-state index in [-0.39, 0.29) is 5.97 Å². The zero-order chi connectivity index (χ0) is 15.8. The van der Waals surface area contributed by atoms with Crippen LogP contribution in [0.15, 0.2) is 59.6 Å². The molecule has 1 unspecified atom stereocenters. The summed E-state index contributed by atoms with van der Waals surface area (Å²) in [6.07, 6.45) is 9.76. The average molecular weight is 298 g/mol. The average Bonchev–Trinajstić information content (AvgIpc) is 2.57. The zero-order valence-electron chi connectivity index (χ0n) is 13.1. The number of carbonyl (C=O) groups is 1. The Morgan fingerprint density at radius 3 is 2.68 bits per heavy atom. The summed E-state index contributed by atoms with van der Waals surface area (Å²) >= 11 is 0. The fourth-order valence-electron chi connectivity index (χ4n) is 2.29. The lowest BCUT2D eigenvalue weighted by molar-refractivity contribution is -0.147. The standard InChI is InChI=1S/C18H22N2O2/c1-3-20(16-11-7-5-8-12-16)15-19-18(17(21)22-4-2)13-9-6-10-14-18/h5-13,15H,3-4,14H2,1-2H3. The van der Waals surface area contributed by atoms with E-state index in [0.717, 1.165) is 12.2 Å². The van der Waals surface area contributed by atoms with Crippen LogP contribution in [0, 0.1) is 0 Å². The molecule has 0 radical (unpaired) electrons. The summed E-state index contributed by atoms with van der Waals surface area (Å²) in [6, 6.07) is 9.97. The summed E-state index contributed by atoms with van der Waals surface area (Å²) in [7, 11) is 0. The van der Waals surface area contributed by atoms with Gasteiger partial charge in [0, 0.05) is 18.7 Å². The van der Waals surface area contributed by atoms with Crippen molar-refractivity contribution in [2.24, 2.45) is 4.99 Å². The van der Waals surface area contributed by atoms with Crippen molar-refractivity contribution < 1.29 is 9.53 Å². The lowest BCUT2D eigenvalue weighted by Crippen LogP contribution is -2.38. The molecule has 1 atom stereocenters. The van der Waals surface area contributed by atoms with Crippen molar-refractivity contribution in [3.05, 3.63) is 54.6 Å². The van der Waals surface area contributed by atoms with E-state index in [4.69, 9.17) is 4.74 Å². The summed E-state index contributed by atoms with van der Waals surface area (Å²) in [5, 5.41) is 0. The lowest BCUT2D eigenvalue weighted by atomic mass is 9.92. The number of nitrogens with zero attached hydrogens (tertiary/aromatic N) is 2. The van der Waals surface area contributed by atoms with Gasteiger partial charge in [0.15, 0.2) is 5.54 Å². The molecule has 4 nitrogen and oxygen atoms in total.